The summed E-state index contributed by atoms with van der Waals surface area (Å²) in [5.74, 6) is 5.39. The fourth-order valence-corrected chi connectivity index (χ4v) is 5.21. The van der Waals surface area contributed by atoms with Crippen molar-refractivity contribution in [2.75, 3.05) is 26.7 Å². The van der Waals surface area contributed by atoms with Crippen LogP contribution >= 0.6 is 11.6 Å². The Morgan fingerprint density at radius 1 is 1.27 bits per heavy atom. The van der Waals surface area contributed by atoms with Gasteiger partial charge >= 0.3 is 5.97 Å². The van der Waals surface area contributed by atoms with Crippen molar-refractivity contribution in [3.63, 3.8) is 0 Å². The van der Waals surface area contributed by atoms with Crippen LogP contribution in [0, 0.1) is 29.5 Å². The lowest BCUT2D eigenvalue weighted by molar-refractivity contribution is -0.139. The molecule has 1 saturated heterocycles. The topological polar surface area (TPSA) is 62.7 Å². The van der Waals surface area contributed by atoms with Crippen LogP contribution in [0.15, 0.2) is 48.7 Å². The van der Waals surface area contributed by atoms with Gasteiger partial charge in [-0.05, 0) is 85.7 Å². The number of alkyl halides is 1. The normalized spacial score (nSPS) is 18.7. The summed E-state index contributed by atoms with van der Waals surface area (Å²) in [5.41, 5.74) is 1.91. The molecule has 0 amide bonds. The van der Waals surface area contributed by atoms with Crippen LogP contribution in [-0.2, 0) is 4.79 Å². The summed E-state index contributed by atoms with van der Waals surface area (Å²) in [6.45, 7) is 1.81. The SMILES string of the molecule is COc1ccc2nccc(C(F)CC[C@@H]3CCN(CC#Cc4ccc(F)c(Cl)c4)C[C@@H]3CC(=O)O)c2c1. The molecule has 0 saturated carbocycles. The van der Waals surface area contributed by atoms with E-state index in [1.165, 1.54) is 12.1 Å². The average molecular weight is 527 g/mol. The number of aromatic nitrogens is 1. The van der Waals surface area contributed by atoms with E-state index in [-0.39, 0.29) is 23.3 Å². The molecule has 1 fully saturated rings. The van der Waals surface area contributed by atoms with Crippen LogP contribution in [0.25, 0.3) is 10.9 Å². The monoisotopic (exact) mass is 526 g/mol. The third-order valence-corrected chi connectivity index (χ3v) is 7.27. The van der Waals surface area contributed by atoms with E-state index in [1.807, 2.05) is 6.07 Å². The molecule has 1 N–H and O–H groups in total. The van der Waals surface area contributed by atoms with Gasteiger partial charge in [0.2, 0.25) is 0 Å². The highest BCUT2D eigenvalue weighted by atomic mass is 35.5. The molecule has 0 aliphatic carbocycles. The molecule has 1 unspecified atom stereocenters. The van der Waals surface area contributed by atoms with E-state index in [1.54, 1.807) is 37.6 Å². The van der Waals surface area contributed by atoms with Crippen LogP contribution in [0.4, 0.5) is 8.78 Å². The molecule has 0 radical (unpaired) electrons. The van der Waals surface area contributed by atoms with Gasteiger partial charge in [0.15, 0.2) is 0 Å². The van der Waals surface area contributed by atoms with Crippen molar-refractivity contribution in [1.29, 1.82) is 0 Å². The number of hydrogen-bond acceptors (Lipinski definition) is 4. The molecule has 194 valence electrons. The van der Waals surface area contributed by atoms with Gasteiger partial charge in [-0.3, -0.25) is 14.7 Å². The molecule has 3 atom stereocenters. The highest BCUT2D eigenvalue weighted by molar-refractivity contribution is 6.30. The Balaban J connectivity index is 1.39. The Kier molecular flexibility index (Phi) is 8.96. The molecule has 2 heterocycles. The maximum Gasteiger partial charge on any atom is 0.303 e. The number of benzene rings is 2. The Bertz CT molecular complexity index is 1320. The summed E-state index contributed by atoms with van der Waals surface area (Å²) >= 11 is 5.81. The maximum atomic E-state index is 15.5. The number of hydrogen-bond donors (Lipinski definition) is 1. The Morgan fingerprint density at radius 3 is 2.86 bits per heavy atom. The molecule has 1 aliphatic heterocycles. The van der Waals surface area contributed by atoms with Gasteiger partial charge in [-0.2, -0.15) is 0 Å². The van der Waals surface area contributed by atoms with Crippen molar-refractivity contribution < 1.29 is 23.4 Å². The maximum absolute atomic E-state index is 15.5. The lowest BCUT2D eigenvalue weighted by atomic mass is 9.79. The molecular weight excluding hydrogens is 498 g/mol. The molecule has 4 rings (SSSR count). The number of ether oxygens (including phenoxy) is 1. The fraction of sp³-hybridized carbons (Fsp3) is 0.379. The number of methoxy groups -OCH3 is 1. The standard InChI is InChI=1S/C29H29ClF2N2O3/c1-37-22-6-9-28-24(17-22)23(10-12-33-28)26(31)8-5-20-11-14-34(18-21(20)16-29(35)36)13-2-3-19-4-7-27(32)25(30)15-19/h4,6-7,9-10,12,15,17,20-21,26H,5,8,11,13-14,16,18H2,1H3,(H,35,36)/t20-,21+,26?/m1/s1. The van der Waals surface area contributed by atoms with Gasteiger partial charge in [0.1, 0.15) is 17.7 Å². The Morgan fingerprint density at radius 2 is 2.11 bits per heavy atom. The summed E-state index contributed by atoms with van der Waals surface area (Å²) in [6.07, 6.45) is 2.15. The van der Waals surface area contributed by atoms with E-state index >= 15 is 4.39 Å². The average Bonchev–Trinajstić information content (AvgIpc) is 2.89. The summed E-state index contributed by atoms with van der Waals surface area (Å²) in [5, 5.41) is 10.2. The highest BCUT2D eigenvalue weighted by Gasteiger charge is 2.31. The molecule has 37 heavy (non-hydrogen) atoms. The van der Waals surface area contributed by atoms with Gasteiger partial charge < -0.3 is 9.84 Å². The van der Waals surface area contributed by atoms with Gasteiger partial charge in [-0.1, -0.05) is 23.4 Å². The third kappa shape index (κ3) is 6.97. The first-order chi connectivity index (χ1) is 17.8. The van der Waals surface area contributed by atoms with Gasteiger partial charge in [-0.15, -0.1) is 0 Å². The molecule has 1 aliphatic rings. The second-order valence-electron chi connectivity index (χ2n) is 9.40. The first-order valence-corrected chi connectivity index (χ1v) is 12.7. The molecule has 0 spiro atoms. The number of nitrogens with zero attached hydrogens (tertiary/aromatic N) is 2. The highest BCUT2D eigenvalue weighted by Crippen LogP contribution is 2.36. The minimum atomic E-state index is -1.19. The van der Waals surface area contributed by atoms with Gasteiger partial charge in [0, 0.05) is 30.1 Å². The van der Waals surface area contributed by atoms with Crippen molar-refractivity contribution in [2.24, 2.45) is 11.8 Å². The zero-order chi connectivity index (χ0) is 26.4. The molecule has 2 aromatic carbocycles. The van der Waals surface area contributed by atoms with E-state index in [0.717, 1.165) is 18.4 Å². The number of piperidine rings is 1. The van der Waals surface area contributed by atoms with Crippen LogP contribution in [0.5, 0.6) is 5.75 Å². The number of pyridine rings is 1. The van der Waals surface area contributed by atoms with E-state index in [0.29, 0.717) is 48.3 Å². The fourth-order valence-electron chi connectivity index (χ4n) is 5.03. The molecule has 0 bridgehead atoms. The number of rotatable bonds is 8. The predicted molar refractivity (Wildman–Crippen MR) is 140 cm³/mol. The van der Waals surface area contributed by atoms with Crippen LogP contribution in [0.3, 0.4) is 0 Å². The summed E-state index contributed by atoms with van der Waals surface area (Å²) in [7, 11) is 1.57. The number of carbonyl (C=O) groups is 1. The number of likely N-dealkylation sites (tertiary alicyclic amines) is 1. The first-order valence-electron chi connectivity index (χ1n) is 12.3. The van der Waals surface area contributed by atoms with Crippen LogP contribution in [0.2, 0.25) is 5.02 Å². The quantitative estimate of drug-likeness (QED) is 0.349. The lowest BCUT2D eigenvalue weighted by Gasteiger charge is -2.37. The number of carboxylic acid groups (broad SMARTS) is 1. The molecular formula is C29H29ClF2N2O3. The molecule has 8 heteroatoms. The number of halogens is 3. The van der Waals surface area contributed by atoms with Crippen LogP contribution < -0.4 is 4.74 Å². The predicted octanol–water partition coefficient (Wildman–Crippen LogP) is 6.29. The van der Waals surface area contributed by atoms with E-state index in [9.17, 15) is 14.3 Å². The van der Waals surface area contributed by atoms with E-state index in [4.69, 9.17) is 16.3 Å². The van der Waals surface area contributed by atoms with Crippen molar-refractivity contribution in [1.82, 2.24) is 9.88 Å². The van der Waals surface area contributed by atoms with E-state index < -0.39 is 18.0 Å². The van der Waals surface area contributed by atoms with Crippen molar-refractivity contribution in [2.45, 2.75) is 31.9 Å². The number of fused-ring (bicyclic) bond motifs is 1. The Hall–Kier alpha value is -3.21. The minimum Gasteiger partial charge on any atom is -0.497 e. The van der Waals surface area contributed by atoms with Crippen LogP contribution in [0.1, 0.15) is 43.0 Å². The number of carboxylic acids is 1. The molecule has 5 nitrogen and oxygen atoms in total. The molecule has 1 aromatic heterocycles. The third-order valence-electron chi connectivity index (χ3n) is 6.98. The largest absolute Gasteiger partial charge is 0.497 e. The smallest absolute Gasteiger partial charge is 0.303 e. The minimum absolute atomic E-state index is 0.0270. The van der Waals surface area contributed by atoms with Crippen LogP contribution in [-0.4, -0.2) is 47.7 Å². The second-order valence-corrected chi connectivity index (χ2v) is 9.81. The molecule has 3 aromatic rings. The Labute approximate surface area is 220 Å². The van der Waals surface area contributed by atoms with Gasteiger partial charge in [0.25, 0.3) is 0 Å². The second kappa shape index (κ2) is 12.4. The lowest BCUT2D eigenvalue weighted by Crippen LogP contribution is -2.41. The first kappa shape index (κ1) is 26.8. The summed E-state index contributed by atoms with van der Waals surface area (Å²) < 4.78 is 34.1. The van der Waals surface area contributed by atoms with E-state index in [2.05, 4.69) is 21.7 Å². The number of aliphatic carboxylic acids is 1. The van der Waals surface area contributed by atoms with Gasteiger partial charge in [-0.25, -0.2) is 8.78 Å². The van der Waals surface area contributed by atoms with Crippen molar-refractivity contribution in [3.05, 3.63) is 70.6 Å². The zero-order valence-electron chi connectivity index (χ0n) is 20.6. The zero-order valence-corrected chi connectivity index (χ0v) is 21.3. The summed E-state index contributed by atoms with van der Waals surface area (Å²) in [4.78, 5) is 18.0. The summed E-state index contributed by atoms with van der Waals surface area (Å²) in [6, 6.07) is 11.5. The van der Waals surface area contributed by atoms with Crippen molar-refractivity contribution in [3.8, 4) is 17.6 Å². The van der Waals surface area contributed by atoms with Gasteiger partial charge in [0.05, 0.1) is 24.2 Å². The van der Waals surface area contributed by atoms with Crippen molar-refractivity contribution >= 4 is 28.5 Å².